The van der Waals surface area contributed by atoms with Gasteiger partial charge in [0.05, 0.1) is 37.7 Å². The molecule has 2 fully saturated rings. The number of rotatable bonds is 9. The monoisotopic (exact) mass is 891 g/mol. The van der Waals surface area contributed by atoms with Crippen LogP contribution >= 0.6 is 0 Å². The summed E-state index contributed by atoms with van der Waals surface area (Å²) in [6.07, 6.45) is 5.59. The molecule has 64 heavy (non-hydrogen) atoms. The molecular formula is C46H47F2N9O6S. The fourth-order valence-corrected chi connectivity index (χ4v) is 10.9. The number of nitrogens with zero attached hydrogens (tertiary/aromatic N) is 7. The third-order valence-corrected chi connectivity index (χ3v) is 15.4. The van der Waals surface area contributed by atoms with Crippen LogP contribution in [0.1, 0.15) is 96.3 Å². The Morgan fingerprint density at radius 3 is 2.38 bits per heavy atom. The molecule has 1 amide bonds. The number of aromatic nitrogens is 7. The topological polar surface area (TPSA) is 179 Å². The largest absolute Gasteiger partial charge is 0.438 e. The second-order valence-electron chi connectivity index (χ2n) is 17.4. The lowest BCUT2D eigenvalue weighted by atomic mass is 9.91. The quantitative estimate of drug-likeness (QED) is 0.153. The summed E-state index contributed by atoms with van der Waals surface area (Å²) in [6.45, 7) is 10.4. The molecule has 0 radical (unpaired) electrons. The van der Waals surface area contributed by atoms with Gasteiger partial charge in [0.25, 0.3) is 5.91 Å². The van der Waals surface area contributed by atoms with E-state index < -0.39 is 38.6 Å². The molecule has 4 atom stereocenters. The number of hydrogen-bond acceptors (Lipinski definition) is 9. The highest BCUT2D eigenvalue weighted by Crippen LogP contribution is 2.56. The second-order valence-corrected chi connectivity index (χ2v) is 19.8. The van der Waals surface area contributed by atoms with E-state index in [0.29, 0.717) is 77.4 Å². The number of ether oxygens (including phenoxy) is 1. The lowest BCUT2D eigenvalue weighted by molar-refractivity contribution is 0.0663. The number of aryl methyl sites for hydroxylation is 2. The number of amides is 1. The molecule has 3 aromatic carbocycles. The summed E-state index contributed by atoms with van der Waals surface area (Å²) in [6, 6.07) is 14.5. The minimum Gasteiger partial charge on any atom is -0.381 e. The molecule has 2 N–H and O–H groups in total. The minimum absolute atomic E-state index is 0.000492. The average Bonchev–Trinajstić information content (AvgIpc) is 3.78. The summed E-state index contributed by atoms with van der Waals surface area (Å²) in [5.74, 6) is -1.26. The van der Waals surface area contributed by atoms with Crippen LogP contribution in [0.25, 0.3) is 28.1 Å². The molecule has 1 saturated carbocycles. The zero-order valence-corrected chi connectivity index (χ0v) is 36.8. The van der Waals surface area contributed by atoms with Crippen LogP contribution in [0.4, 0.5) is 8.78 Å². The summed E-state index contributed by atoms with van der Waals surface area (Å²) in [4.78, 5) is 46.9. The Labute approximate surface area is 366 Å². The third kappa shape index (κ3) is 6.43. The van der Waals surface area contributed by atoms with E-state index >= 15 is 13.6 Å². The maximum atomic E-state index is 15.8. The number of benzene rings is 3. The predicted molar refractivity (Wildman–Crippen MR) is 233 cm³/mol. The molecule has 0 spiro atoms. The van der Waals surface area contributed by atoms with Gasteiger partial charge in [-0.05, 0) is 117 Å². The first-order valence-corrected chi connectivity index (χ1v) is 23.2. The molecule has 18 heteroatoms. The maximum absolute atomic E-state index is 15.8. The van der Waals surface area contributed by atoms with Crippen molar-refractivity contribution in [3.8, 4) is 17.2 Å². The van der Waals surface area contributed by atoms with E-state index in [4.69, 9.17) is 19.1 Å². The summed E-state index contributed by atoms with van der Waals surface area (Å²) < 4.78 is 68.5. The first kappa shape index (κ1) is 41.6. The lowest BCUT2D eigenvalue weighted by Crippen LogP contribution is -2.41. The van der Waals surface area contributed by atoms with Crippen molar-refractivity contribution in [3.63, 3.8) is 0 Å². The zero-order valence-electron chi connectivity index (χ0n) is 36.0. The van der Waals surface area contributed by atoms with E-state index in [-0.39, 0.29) is 40.5 Å². The molecule has 10 rings (SSSR count). The molecule has 4 aromatic heterocycles. The van der Waals surface area contributed by atoms with Crippen LogP contribution in [0, 0.1) is 36.2 Å². The highest BCUT2D eigenvalue weighted by molar-refractivity contribution is 7.92. The van der Waals surface area contributed by atoms with Crippen LogP contribution in [-0.4, -0.2) is 74.1 Å². The van der Waals surface area contributed by atoms with Crippen LogP contribution < -0.4 is 11.4 Å². The SMILES string of the molecule is CC[S@](=N)(=O)c1ccc(-n2ccn(-c3c4c(nn3-c3cc(C)c(F)c(C)c3)CCN(C(=O)c3cc5cc(C6CCOCC6)ccc5n3[C@@]3(c5noc(=O)[nH]5)C[C@@H]3C)[C@H]4C)c2=O)c(F)c1. The highest BCUT2D eigenvalue weighted by atomic mass is 32.2. The van der Waals surface area contributed by atoms with Gasteiger partial charge in [0.2, 0.25) is 0 Å². The lowest BCUT2D eigenvalue weighted by Gasteiger charge is -2.34. The van der Waals surface area contributed by atoms with Crippen LogP contribution in [0.5, 0.6) is 0 Å². The average molecular weight is 892 g/mol. The fraction of sp³-hybridized carbons (Fsp3) is 0.370. The summed E-state index contributed by atoms with van der Waals surface area (Å²) in [7, 11) is -3.22. The van der Waals surface area contributed by atoms with E-state index in [1.165, 1.54) is 29.1 Å². The van der Waals surface area contributed by atoms with Gasteiger partial charge in [-0.3, -0.25) is 23.4 Å². The van der Waals surface area contributed by atoms with E-state index in [1.54, 1.807) is 42.5 Å². The number of aromatic amines is 1. The Morgan fingerprint density at radius 2 is 1.72 bits per heavy atom. The Bertz CT molecular complexity index is 3260. The number of carbonyl (C=O) groups excluding carboxylic acids is 1. The molecule has 332 valence electrons. The molecule has 6 heterocycles. The second kappa shape index (κ2) is 15.1. The standard InChI is InChI=1S/C46H47F2N9O6S/c1-6-64(49,61)33-8-10-37(34(47)23-33)54-15-16-55(45(54)60)41-39-28(5)53(14-11-35(39)51-57(41)32-19-25(2)40(48)26(3)20-32)42(58)38-22-31-21-30(29-12-17-62-18-13-29)7-9-36(31)56(38)46(24-27(46)4)43-50-44(59)63-52-43/h7-10,15-16,19-23,27-29,49H,6,11-14,17-18,24H2,1-5H3,(H,50,52,59)/t27-,28-,46-,64-/m0/s1. The van der Waals surface area contributed by atoms with E-state index in [1.807, 2.05) is 30.5 Å². The van der Waals surface area contributed by atoms with Gasteiger partial charge in [-0.15, -0.1) is 0 Å². The molecule has 2 aliphatic heterocycles. The third-order valence-electron chi connectivity index (χ3n) is 13.6. The minimum atomic E-state index is -3.22. The predicted octanol–water partition coefficient (Wildman–Crippen LogP) is 7.20. The Kier molecular flexibility index (Phi) is 9.82. The fourth-order valence-electron chi connectivity index (χ4n) is 9.99. The number of halogens is 2. The van der Waals surface area contributed by atoms with Crippen molar-refractivity contribution in [1.29, 1.82) is 4.78 Å². The highest BCUT2D eigenvalue weighted by Gasteiger charge is 2.59. The van der Waals surface area contributed by atoms with Crippen molar-refractivity contribution in [2.75, 3.05) is 25.5 Å². The van der Waals surface area contributed by atoms with Gasteiger partial charge >= 0.3 is 11.4 Å². The molecule has 1 saturated heterocycles. The molecule has 3 aliphatic rings. The van der Waals surface area contributed by atoms with Crippen molar-refractivity contribution >= 4 is 26.5 Å². The van der Waals surface area contributed by atoms with Gasteiger partial charge in [-0.25, -0.2) is 32.0 Å². The van der Waals surface area contributed by atoms with Crippen LogP contribution in [0.15, 0.2) is 86.0 Å². The van der Waals surface area contributed by atoms with E-state index in [9.17, 15) is 13.8 Å². The number of H-pyrrole nitrogens is 1. The van der Waals surface area contributed by atoms with Crippen molar-refractivity contribution < 1.29 is 27.0 Å². The van der Waals surface area contributed by atoms with Crippen molar-refractivity contribution in [3.05, 3.63) is 139 Å². The Balaban J connectivity index is 1.12. The van der Waals surface area contributed by atoms with Crippen LogP contribution in [-0.2, 0) is 26.4 Å². The number of imidazole rings is 1. The van der Waals surface area contributed by atoms with Gasteiger partial charge in [0, 0.05) is 60.8 Å². The summed E-state index contributed by atoms with van der Waals surface area (Å²) >= 11 is 0. The molecular weight excluding hydrogens is 845 g/mol. The van der Waals surface area contributed by atoms with Crippen molar-refractivity contribution in [2.24, 2.45) is 5.92 Å². The van der Waals surface area contributed by atoms with E-state index in [2.05, 4.69) is 22.3 Å². The van der Waals surface area contributed by atoms with Gasteiger partial charge in [-0.2, -0.15) is 5.10 Å². The Morgan fingerprint density at radius 1 is 1.00 bits per heavy atom. The molecule has 15 nitrogen and oxygen atoms in total. The number of nitrogens with one attached hydrogen (secondary N) is 2. The first-order valence-electron chi connectivity index (χ1n) is 21.5. The maximum Gasteiger partial charge on any atom is 0.438 e. The molecule has 0 unspecified atom stereocenters. The van der Waals surface area contributed by atoms with Crippen molar-refractivity contribution in [2.45, 2.75) is 82.7 Å². The van der Waals surface area contributed by atoms with Gasteiger partial charge in [-0.1, -0.05) is 25.1 Å². The Hall–Kier alpha value is -6.40. The summed E-state index contributed by atoms with van der Waals surface area (Å²) in [5.41, 5.74) is 3.15. The smallest absolute Gasteiger partial charge is 0.381 e. The van der Waals surface area contributed by atoms with Gasteiger partial charge in [0.15, 0.2) is 5.82 Å². The number of hydrogen-bond donors (Lipinski definition) is 2. The van der Waals surface area contributed by atoms with Crippen molar-refractivity contribution in [1.82, 2.24) is 38.5 Å². The van der Waals surface area contributed by atoms with Crippen LogP contribution in [0.2, 0.25) is 0 Å². The normalized spacial score (nSPS) is 21.0. The number of fused-ring (bicyclic) bond motifs is 2. The molecule has 1 aliphatic carbocycles. The number of carbonyl (C=O) groups is 1. The van der Waals surface area contributed by atoms with E-state index in [0.717, 1.165) is 39.9 Å². The van der Waals surface area contributed by atoms with Crippen LogP contribution in [0.3, 0.4) is 0 Å². The van der Waals surface area contributed by atoms with Gasteiger partial charge in [0.1, 0.15) is 28.7 Å². The first-order chi connectivity index (χ1) is 30.6. The summed E-state index contributed by atoms with van der Waals surface area (Å²) in [5, 5.41) is 10.0. The molecule has 0 bridgehead atoms. The zero-order chi connectivity index (χ0) is 45.0. The molecule has 7 aromatic rings. The van der Waals surface area contributed by atoms with Gasteiger partial charge < -0.3 is 14.2 Å².